The van der Waals surface area contributed by atoms with Crippen LogP contribution >= 0.6 is 0 Å². The van der Waals surface area contributed by atoms with Gasteiger partial charge < -0.3 is 10.5 Å². The molecule has 0 aliphatic carbocycles. The van der Waals surface area contributed by atoms with Crippen LogP contribution in [0.15, 0.2) is 34.3 Å². The van der Waals surface area contributed by atoms with Crippen molar-refractivity contribution in [1.29, 1.82) is 0 Å². The van der Waals surface area contributed by atoms with Crippen LogP contribution in [-0.2, 0) is 9.53 Å². The summed E-state index contributed by atoms with van der Waals surface area (Å²) in [5, 5.41) is 0. The Hall–Kier alpha value is -2.17. The number of ether oxygens (including phenoxy) is 1. The maximum absolute atomic E-state index is 11.1. The Balaban J connectivity index is 2.57. The number of amides is 1. The van der Waals surface area contributed by atoms with Gasteiger partial charge in [0.25, 0.3) is 5.91 Å². The Morgan fingerprint density at radius 3 is 2.88 bits per heavy atom. The third-order valence-electron chi connectivity index (χ3n) is 2.24. The smallest absolute Gasteiger partial charge is 0.265 e. The lowest BCUT2D eigenvalue weighted by Crippen LogP contribution is -2.25. The summed E-state index contributed by atoms with van der Waals surface area (Å²) >= 11 is 0. The second kappa shape index (κ2) is 4.14. The molecule has 0 unspecified atom stereocenters. The van der Waals surface area contributed by atoms with E-state index >= 15 is 0 Å². The van der Waals surface area contributed by atoms with Gasteiger partial charge in [0, 0.05) is 0 Å². The van der Waals surface area contributed by atoms with E-state index in [9.17, 15) is 4.79 Å². The maximum Gasteiger partial charge on any atom is 0.265 e. The van der Waals surface area contributed by atoms with E-state index in [2.05, 4.69) is 9.98 Å². The van der Waals surface area contributed by atoms with E-state index in [1.165, 1.54) is 7.11 Å². The number of primary amides is 1. The molecule has 5 nitrogen and oxygen atoms in total. The predicted molar refractivity (Wildman–Crippen MR) is 61.1 cm³/mol. The Morgan fingerprint density at radius 1 is 1.44 bits per heavy atom. The van der Waals surface area contributed by atoms with Crippen LogP contribution in [0, 0.1) is 0 Å². The molecule has 0 atom stereocenters. The Morgan fingerprint density at radius 2 is 2.19 bits per heavy atom. The minimum atomic E-state index is -0.559. The maximum atomic E-state index is 11.1. The quantitative estimate of drug-likeness (QED) is 0.749. The lowest BCUT2D eigenvalue weighted by molar-refractivity contribution is -0.112. The summed E-state index contributed by atoms with van der Waals surface area (Å²) < 4.78 is 5.15. The molecule has 0 fully saturated rings. The molecule has 0 radical (unpaired) electrons. The summed E-state index contributed by atoms with van der Waals surface area (Å²) in [6, 6.07) is 7.32. The molecule has 82 valence electrons. The first-order chi connectivity index (χ1) is 7.72. The number of nitrogens with two attached hydrogens (primary N) is 1. The number of para-hydroxylation sites is 1. The second-order valence-corrected chi connectivity index (χ2v) is 3.27. The summed E-state index contributed by atoms with van der Waals surface area (Å²) in [6.07, 6.45) is 0. The molecular weight excluding hydrogens is 206 g/mol. The molecule has 0 saturated carbocycles. The van der Waals surface area contributed by atoms with Gasteiger partial charge in [-0.3, -0.25) is 4.79 Å². The number of methoxy groups -OCH3 is 1. The molecule has 1 aromatic carbocycles. The molecule has 1 heterocycles. The number of hydrogen-bond donors (Lipinski definition) is 1. The van der Waals surface area contributed by atoms with Crippen molar-refractivity contribution >= 4 is 23.2 Å². The highest BCUT2D eigenvalue weighted by Gasteiger charge is 2.16. The number of hydrogen-bond acceptors (Lipinski definition) is 4. The van der Waals surface area contributed by atoms with Crippen LogP contribution in [0.3, 0.4) is 0 Å². The Kier molecular flexibility index (Phi) is 2.68. The minimum absolute atomic E-state index is 0.146. The number of carbonyl (C=O) groups excluding carboxylic acids is 1. The number of rotatable bonds is 1. The first-order valence-electron chi connectivity index (χ1n) is 4.77. The van der Waals surface area contributed by atoms with E-state index in [1.54, 1.807) is 6.07 Å². The van der Waals surface area contributed by atoms with Crippen molar-refractivity contribution in [2.24, 2.45) is 15.7 Å². The van der Waals surface area contributed by atoms with Crippen molar-refractivity contribution in [2.75, 3.05) is 13.7 Å². The van der Waals surface area contributed by atoms with Crippen molar-refractivity contribution in [3.05, 3.63) is 29.8 Å². The van der Waals surface area contributed by atoms with Gasteiger partial charge >= 0.3 is 0 Å². The van der Waals surface area contributed by atoms with Crippen molar-refractivity contribution < 1.29 is 9.53 Å². The summed E-state index contributed by atoms with van der Waals surface area (Å²) in [5.74, 6) is -0.0912. The fourth-order valence-electron chi connectivity index (χ4n) is 1.47. The summed E-state index contributed by atoms with van der Waals surface area (Å²) in [4.78, 5) is 19.4. The van der Waals surface area contributed by atoms with Crippen LogP contribution in [0.25, 0.3) is 0 Å². The first kappa shape index (κ1) is 10.4. The fraction of sp³-hybridized carbons (Fsp3) is 0.182. The highest BCUT2D eigenvalue weighted by atomic mass is 16.5. The SMILES string of the molecule is COC1=NCC(C(N)=O)=Nc2ccccc21. The average Bonchev–Trinajstić information content (AvgIpc) is 2.47. The lowest BCUT2D eigenvalue weighted by atomic mass is 10.2. The monoisotopic (exact) mass is 217 g/mol. The molecule has 1 aliphatic rings. The summed E-state index contributed by atoms with van der Waals surface area (Å²) in [6.45, 7) is 0.146. The number of nitrogens with zero attached hydrogens (tertiary/aromatic N) is 2. The zero-order valence-corrected chi connectivity index (χ0v) is 8.80. The average molecular weight is 217 g/mol. The minimum Gasteiger partial charge on any atom is -0.481 e. The standard InChI is InChI=1S/C11H11N3O2/c1-16-11-7-4-2-3-5-8(7)14-9(6-13-11)10(12)15/h2-5H,6H2,1H3,(H2,12,15). The van der Waals surface area contributed by atoms with Crippen molar-refractivity contribution in [1.82, 2.24) is 0 Å². The Labute approximate surface area is 92.7 Å². The first-order valence-corrected chi connectivity index (χ1v) is 4.77. The molecule has 16 heavy (non-hydrogen) atoms. The van der Waals surface area contributed by atoms with Crippen LogP contribution in [-0.4, -0.2) is 31.2 Å². The van der Waals surface area contributed by atoms with Crippen LogP contribution in [0.1, 0.15) is 5.56 Å². The van der Waals surface area contributed by atoms with E-state index in [-0.39, 0.29) is 12.3 Å². The normalized spacial score (nSPS) is 14.3. The van der Waals surface area contributed by atoms with Crippen LogP contribution < -0.4 is 5.73 Å². The third-order valence-corrected chi connectivity index (χ3v) is 2.24. The molecule has 1 amide bonds. The number of benzene rings is 1. The molecule has 1 aliphatic heterocycles. The largest absolute Gasteiger partial charge is 0.481 e. The molecule has 1 aromatic rings. The van der Waals surface area contributed by atoms with E-state index in [0.717, 1.165) is 5.56 Å². The molecule has 0 spiro atoms. The molecule has 5 heteroatoms. The van der Waals surface area contributed by atoms with Gasteiger partial charge in [0.05, 0.1) is 24.9 Å². The van der Waals surface area contributed by atoms with Crippen molar-refractivity contribution in [3.8, 4) is 0 Å². The summed E-state index contributed by atoms with van der Waals surface area (Å²) in [7, 11) is 1.53. The van der Waals surface area contributed by atoms with E-state index in [0.29, 0.717) is 11.6 Å². The predicted octanol–water partition coefficient (Wildman–Crippen LogP) is 0.651. The number of fused-ring (bicyclic) bond motifs is 1. The molecule has 0 bridgehead atoms. The molecule has 2 N–H and O–H groups in total. The Bertz CT molecular complexity index is 492. The molecule has 0 saturated heterocycles. The van der Waals surface area contributed by atoms with E-state index in [4.69, 9.17) is 10.5 Å². The number of carbonyl (C=O) groups is 1. The third kappa shape index (κ3) is 1.79. The lowest BCUT2D eigenvalue weighted by Gasteiger charge is -2.04. The van der Waals surface area contributed by atoms with Crippen LogP contribution in [0.4, 0.5) is 5.69 Å². The van der Waals surface area contributed by atoms with E-state index < -0.39 is 5.91 Å². The van der Waals surface area contributed by atoms with Crippen LogP contribution in [0.2, 0.25) is 0 Å². The van der Waals surface area contributed by atoms with Gasteiger partial charge in [0.15, 0.2) is 0 Å². The van der Waals surface area contributed by atoms with Gasteiger partial charge in [-0.05, 0) is 12.1 Å². The topological polar surface area (TPSA) is 77.0 Å². The van der Waals surface area contributed by atoms with Gasteiger partial charge in [-0.1, -0.05) is 12.1 Å². The zero-order valence-electron chi connectivity index (χ0n) is 8.80. The highest BCUT2D eigenvalue weighted by molar-refractivity contribution is 6.40. The van der Waals surface area contributed by atoms with Gasteiger partial charge in [-0.2, -0.15) is 0 Å². The molecule has 2 rings (SSSR count). The molecular formula is C11H11N3O2. The van der Waals surface area contributed by atoms with Crippen molar-refractivity contribution in [3.63, 3.8) is 0 Å². The van der Waals surface area contributed by atoms with Crippen LogP contribution in [0.5, 0.6) is 0 Å². The highest BCUT2D eigenvalue weighted by Crippen LogP contribution is 2.22. The van der Waals surface area contributed by atoms with Gasteiger partial charge in [-0.25, -0.2) is 9.98 Å². The van der Waals surface area contributed by atoms with Crippen molar-refractivity contribution in [2.45, 2.75) is 0 Å². The van der Waals surface area contributed by atoms with E-state index in [1.807, 2.05) is 18.2 Å². The fourth-order valence-corrected chi connectivity index (χ4v) is 1.47. The number of aliphatic imine (C=N–C) groups is 2. The van der Waals surface area contributed by atoms with Gasteiger partial charge in [-0.15, -0.1) is 0 Å². The van der Waals surface area contributed by atoms with Gasteiger partial charge in [0.1, 0.15) is 5.71 Å². The van der Waals surface area contributed by atoms with Gasteiger partial charge in [0.2, 0.25) is 5.90 Å². The summed E-state index contributed by atoms with van der Waals surface area (Å²) in [5.41, 5.74) is 6.85. The zero-order chi connectivity index (χ0) is 11.5. The molecule has 0 aromatic heterocycles. The second-order valence-electron chi connectivity index (χ2n) is 3.27.